The third kappa shape index (κ3) is 4.22. The molecule has 1 aromatic rings. The Morgan fingerprint density at radius 2 is 2.53 bits per heavy atom. The van der Waals surface area contributed by atoms with Crippen LogP contribution in [0.15, 0.2) is 18.2 Å². The van der Waals surface area contributed by atoms with E-state index in [0.29, 0.717) is 19.6 Å². The summed E-state index contributed by atoms with van der Waals surface area (Å²) in [5.41, 5.74) is 2.77. The molecule has 2 N–H and O–H groups in total. The zero-order chi connectivity index (χ0) is 11.1. The van der Waals surface area contributed by atoms with Gasteiger partial charge in [-0.2, -0.15) is 0 Å². The van der Waals surface area contributed by atoms with Gasteiger partial charge in [-0.3, -0.25) is 4.79 Å². The number of nitrogens with one attached hydrogen (secondary N) is 2. The van der Waals surface area contributed by atoms with Crippen LogP contribution in [-0.2, 0) is 11.3 Å². The van der Waals surface area contributed by atoms with Crippen molar-refractivity contribution in [2.45, 2.75) is 13.5 Å². The molecule has 1 rings (SSSR count). The zero-order valence-electron chi connectivity index (χ0n) is 8.75. The van der Waals surface area contributed by atoms with Gasteiger partial charge in [-0.15, -0.1) is 17.9 Å². The van der Waals surface area contributed by atoms with Crippen molar-refractivity contribution < 1.29 is 4.79 Å². The molecule has 0 bridgehead atoms. The Labute approximate surface area is 93.4 Å². The van der Waals surface area contributed by atoms with Crippen molar-refractivity contribution in [3.63, 3.8) is 0 Å². The second-order valence-corrected chi connectivity index (χ2v) is 4.00. The second-order valence-electron chi connectivity index (χ2n) is 3.06. The van der Waals surface area contributed by atoms with Crippen molar-refractivity contribution in [2.24, 2.45) is 0 Å². The molecule has 0 aromatic carbocycles. The lowest BCUT2D eigenvalue weighted by atomic mass is 10.4. The van der Waals surface area contributed by atoms with E-state index in [9.17, 15) is 4.79 Å². The Bertz CT molecular complexity index is 335. The third-order valence-corrected chi connectivity index (χ3v) is 2.80. The van der Waals surface area contributed by atoms with E-state index in [4.69, 9.17) is 0 Å². The highest BCUT2D eigenvalue weighted by Crippen LogP contribution is 2.10. The van der Waals surface area contributed by atoms with Crippen LogP contribution in [0.1, 0.15) is 10.6 Å². The van der Waals surface area contributed by atoms with Crippen molar-refractivity contribution in [3.8, 4) is 0 Å². The van der Waals surface area contributed by atoms with Gasteiger partial charge in [-0.05, 0) is 6.92 Å². The fourth-order valence-electron chi connectivity index (χ4n) is 1.03. The maximum atomic E-state index is 11.3. The van der Waals surface area contributed by atoms with Crippen LogP contribution in [0.4, 0.5) is 0 Å². The van der Waals surface area contributed by atoms with Gasteiger partial charge in [0.25, 0.3) is 0 Å². The second kappa shape index (κ2) is 6.31. The minimum Gasteiger partial charge on any atom is -0.350 e. The molecule has 0 atom stereocenters. The van der Waals surface area contributed by atoms with E-state index >= 15 is 0 Å². The number of aryl methyl sites for hydroxylation is 1. The van der Waals surface area contributed by atoms with E-state index in [1.165, 1.54) is 0 Å². The van der Waals surface area contributed by atoms with Crippen molar-refractivity contribution in [2.75, 3.05) is 13.1 Å². The lowest BCUT2D eigenvalue weighted by Gasteiger charge is -2.04. The summed E-state index contributed by atoms with van der Waals surface area (Å²) in [4.78, 5) is 16.5. The predicted octanol–water partition coefficient (Wildman–Crippen LogP) is 0.843. The molecule has 82 valence electrons. The van der Waals surface area contributed by atoms with Gasteiger partial charge in [-0.25, -0.2) is 4.98 Å². The van der Waals surface area contributed by atoms with E-state index in [-0.39, 0.29) is 5.91 Å². The van der Waals surface area contributed by atoms with Gasteiger partial charge in [0.2, 0.25) is 5.91 Å². The quantitative estimate of drug-likeness (QED) is 0.557. The van der Waals surface area contributed by atoms with Gasteiger partial charge in [-0.1, -0.05) is 6.08 Å². The summed E-state index contributed by atoms with van der Waals surface area (Å²) >= 11 is 1.56. The van der Waals surface area contributed by atoms with Gasteiger partial charge in [0, 0.05) is 11.4 Å². The molecule has 1 aromatic heterocycles. The molecule has 0 aliphatic carbocycles. The summed E-state index contributed by atoms with van der Waals surface area (Å²) < 4.78 is 0. The van der Waals surface area contributed by atoms with Crippen LogP contribution >= 0.6 is 11.3 Å². The van der Waals surface area contributed by atoms with E-state index in [0.717, 1.165) is 10.6 Å². The number of thiazole rings is 1. The third-order valence-electron chi connectivity index (χ3n) is 1.87. The van der Waals surface area contributed by atoms with E-state index in [1.54, 1.807) is 22.9 Å². The van der Waals surface area contributed by atoms with Gasteiger partial charge in [0.1, 0.15) is 0 Å². The van der Waals surface area contributed by atoms with Crippen molar-refractivity contribution in [1.82, 2.24) is 15.6 Å². The molecule has 0 saturated carbocycles. The Morgan fingerprint density at radius 1 is 1.73 bits per heavy atom. The maximum Gasteiger partial charge on any atom is 0.234 e. The topological polar surface area (TPSA) is 54.0 Å². The summed E-state index contributed by atoms with van der Waals surface area (Å²) in [6.07, 6.45) is 1.72. The largest absolute Gasteiger partial charge is 0.350 e. The molecule has 4 nitrogen and oxygen atoms in total. The summed E-state index contributed by atoms with van der Waals surface area (Å²) in [5, 5.41) is 5.76. The van der Waals surface area contributed by atoms with Crippen LogP contribution in [0.25, 0.3) is 0 Å². The first kappa shape index (κ1) is 11.9. The number of carbonyl (C=O) groups is 1. The summed E-state index contributed by atoms with van der Waals surface area (Å²) in [5.74, 6) is -0.00958. The molecule has 0 fully saturated rings. The minimum absolute atomic E-state index is 0.00958. The Morgan fingerprint density at radius 3 is 3.13 bits per heavy atom. The minimum atomic E-state index is -0.00958. The Balaban J connectivity index is 2.22. The molecule has 1 amide bonds. The van der Waals surface area contributed by atoms with Gasteiger partial charge < -0.3 is 10.6 Å². The first-order valence-corrected chi connectivity index (χ1v) is 5.59. The predicted molar refractivity (Wildman–Crippen MR) is 61.8 cm³/mol. The van der Waals surface area contributed by atoms with Crippen molar-refractivity contribution in [3.05, 3.63) is 28.7 Å². The molecule has 1 heterocycles. The fraction of sp³-hybridized carbons (Fsp3) is 0.400. The summed E-state index contributed by atoms with van der Waals surface area (Å²) in [6.45, 7) is 7.02. The number of nitrogens with zero attached hydrogens (tertiary/aromatic N) is 1. The molecular weight excluding hydrogens is 210 g/mol. The Kier molecular flexibility index (Phi) is 5.00. The number of hydrogen-bond acceptors (Lipinski definition) is 4. The molecular formula is C10H15N3OS. The SMILES string of the molecule is C=CCNCC(=O)NCc1scnc1C. The molecule has 0 aliphatic heterocycles. The number of aromatic nitrogens is 1. The first-order chi connectivity index (χ1) is 7.24. The maximum absolute atomic E-state index is 11.3. The molecule has 0 saturated heterocycles. The van der Waals surface area contributed by atoms with Crippen LogP contribution in [0.5, 0.6) is 0 Å². The van der Waals surface area contributed by atoms with Crippen LogP contribution in [0, 0.1) is 6.92 Å². The average Bonchev–Trinajstić information content (AvgIpc) is 2.61. The smallest absolute Gasteiger partial charge is 0.234 e. The molecule has 0 aliphatic rings. The van der Waals surface area contributed by atoms with Crippen LogP contribution in [-0.4, -0.2) is 24.0 Å². The van der Waals surface area contributed by atoms with E-state index in [1.807, 2.05) is 6.92 Å². The van der Waals surface area contributed by atoms with Gasteiger partial charge >= 0.3 is 0 Å². The molecule has 0 radical (unpaired) electrons. The number of carbonyl (C=O) groups excluding carboxylic acids is 1. The zero-order valence-corrected chi connectivity index (χ0v) is 9.56. The molecule has 15 heavy (non-hydrogen) atoms. The standard InChI is InChI=1S/C10H15N3OS/c1-3-4-11-6-10(14)12-5-9-8(2)13-7-15-9/h3,7,11H,1,4-6H2,2H3,(H,12,14). The average molecular weight is 225 g/mol. The normalized spacial score (nSPS) is 9.93. The molecule has 0 spiro atoms. The summed E-state index contributed by atoms with van der Waals surface area (Å²) in [7, 11) is 0. The lowest BCUT2D eigenvalue weighted by Crippen LogP contribution is -2.33. The Hall–Kier alpha value is -1.20. The summed E-state index contributed by atoms with van der Waals surface area (Å²) in [6, 6.07) is 0. The number of hydrogen-bond donors (Lipinski definition) is 2. The van der Waals surface area contributed by atoms with Gasteiger partial charge in [0.15, 0.2) is 0 Å². The number of amides is 1. The monoisotopic (exact) mass is 225 g/mol. The van der Waals surface area contributed by atoms with Crippen molar-refractivity contribution in [1.29, 1.82) is 0 Å². The van der Waals surface area contributed by atoms with Crippen LogP contribution < -0.4 is 10.6 Å². The van der Waals surface area contributed by atoms with Crippen LogP contribution in [0.3, 0.4) is 0 Å². The molecule has 0 unspecified atom stereocenters. The highest BCUT2D eigenvalue weighted by molar-refractivity contribution is 7.09. The highest BCUT2D eigenvalue weighted by Gasteiger charge is 2.03. The van der Waals surface area contributed by atoms with Crippen molar-refractivity contribution >= 4 is 17.2 Å². The van der Waals surface area contributed by atoms with Crippen LogP contribution in [0.2, 0.25) is 0 Å². The van der Waals surface area contributed by atoms with E-state index in [2.05, 4.69) is 22.2 Å². The molecule has 5 heteroatoms. The fourth-order valence-corrected chi connectivity index (χ4v) is 1.74. The number of rotatable bonds is 6. The first-order valence-electron chi connectivity index (χ1n) is 4.71. The highest BCUT2D eigenvalue weighted by atomic mass is 32.1. The lowest BCUT2D eigenvalue weighted by molar-refractivity contribution is -0.120. The van der Waals surface area contributed by atoms with Gasteiger partial charge in [0.05, 0.1) is 24.3 Å². The van der Waals surface area contributed by atoms with E-state index < -0.39 is 0 Å².